The first-order chi connectivity index (χ1) is 11.0. The lowest BCUT2D eigenvalue weighted by Crippen LogP contribution is -2.52. The molecule has 136 valence electrons. The number of piperazine rings is 1. The largest absolute Gasteiger partial charge is 0.435 e. The van der Waals surface area contributed by atoms with Gasteiger partial charge in [-0.2, -0.15) is 8.78 Å². The number of nitrogens with zero attached hydrogens (tertiary/aromatic N) is 2. The zero-order valence-electron chi connectivity index (χ0n) is 13.9. The summed E-state index contributed by atoms with van der Waals surface area (Å²) in [6.45, 7) is 2.75. The van der Waals surface area contributed by atoms with Crippen LogP contribution >= 0.6 is 12.4 Å². The Balaban J connectivity index is 0.00000288. The molecular weight excluding hydrogens is 340 g/mol. The number of halogens is 3. The van der Waals surface area contributed by atoms with Gasteiger partial charge < -0.3 is 15.0 Å². The van der Waals surface area contributed by atoms with Crippen molar-refractivity contribution in [2.24, 2.45) is 0 Å². The normalized spacial score (nSPS) is 18.1. The molecule has 0 unspecified atom stereocenters. The molecule has 0 bridgehead atoms. The summed E-state index contributed by atoms with van der Waals surface area (Å²) in [6, 6.07) is 6.69. The van der Waals surface area contributed by atoms with Crippen LogP contribution in [0.15, 0.2) is 24.3 Å². The van der Waals surface area contributed by atoms with E-state index in [1.807, 2.05) is 0 Å². The van der Waals surface area contributed by atoms with E-state index in [1.165, 1.54) is 12.1 Å². The molecule has 1 aromatic rings. The maximum absolute atomic E-state index is 12.3. The van der Waals surface area contributed by atoms with E-state index in [9.17, 15) is 13.6 Å². The molecule has 0 aliphatic carbocycles. The summed E-state index contributed by atoms with van der Waals surface area (Å²) in [4.78, 5) is 16.1. The third kappa shape index (κ3) is 6.22. The number of carbonyl (C=O) groups excluding carboxylic acids is 1. The number of ether oxygens (including phenoxy) is 1. The quantitative estimate of drug-likeness (QED) is 0.839. The number of hydrogen-bond donors (Lipinski definition) is 1. The van der Waals surface area contributed by atoms with E-state index in [1.54, 1.807) is 24.1 Å². The van der Waals surface area contributed by atoms with Crippen LogP contribution in [0.2, 0.25) is 0 Å². The highest BCUT2D eigenvalue weighted by Gasteiger charge is 2.21. The van der Waals surface area contributed by atoms with E-state index in [-0.39, 0.29) is 24.1 Å². The molecule has 1 aliphatic rings. The van der Waals surface area contributed by atoms with Crippen LogP contribution in [0.25, 0.3) is 0 Å². The standard InChI is InChI=1S/C16H23F2N3O2.ClH/c1-12-9-19-7-8-21(12)11-15(22)20(2)10-13-3-5-14(6-4-13)23-16(17)18;/h3-6,12,16,19H,7-11H2,1-2H3;1H/t12-;/m1./s1. The predicted octanol–water partition coefficient (Wildman–Crippen LogP) is 1.96. The van der Waals surface area contributed by atoms with Crippen molar-refractivity contribution in [3.05, 3.63) is 29.8 Å². The van der Waals surface area contributed by atoms with Crippen molar-refractivity contribution < 1.29 is 18.3 Å². The fourth-order valence-corrected chi connectivity index (χ4v) is 2.55. The molecule has 8 heteroatoms. The molecule has 0 aromatic heterocycles. The lowest BCUT2D eigenvalue weighted by Gasteiger charge is -2.34. The topological polar surface area (TPSA) is 44.8 Å². The third-order valence-electron chi connectivity index (χ3n) is 3.97. The Hall–Kier alpha value is -1.44. The summed E-state index contributed by atoms with van der Waals surface area (Å²) in [5.41, 5.74) is 0.871. The minimum absolute atomic E-state index is 0. The van der Waals surface area contributed by atoms with Crippen molar-refractivity contribution in [1.29, 1.82) is 0 Å². The number of benzene rings is 1. The van der Waals surface area contributed by atoms with Crippen LogP contribution in [-0.2, 0) is 11.3 Å². The molecule has 0 spiro atoms. The van der Waals surface area contributed by atoms with Crippen molar-refractivity contribution in [3.8, 4) is 5.75 Å². The van der Waals surface area contributed by atoms with Crippen LogP contribution in [0.4, 0.5) is 8.78 Å². The van der Waals surface area contributed by atoms with E-state index in [4.69, 9.17) is 0 Å². The monoisotopic (exact) mass is 363 g/mol. The van der Waals surface area contributed by atoms with Gasteiger partial charge in [0.25, 0.3) is 0 Å². The summed E-state index contributed by atoms with van der Waals surface area (Å²) in [7, 11) is 1.75. The fraction of sp³-hybridized carbons (Fsp3) is 0.562. The van der Waals surface area contributed by atoms with Gasteiger partial charge in [0.1, 0.15) is 5.75 Å². The van der Waals surface area contributed by atoms with Crippen molar-refractivity contribution in [3.63, 3.8) is 0 Å². The SMILES string of the molecule is C[C@@H]1CNCCN1CC(=O)N(C)Cc1ccc(OC(F)F)cc1.Cl. The number of amides is 1. The van der Waals surface area contributed by atoms with Crippen molar-refractivity contribution in [2.45, 2.75) is 26.1 Å². The van der Waals surface area contributed by atoms with Gasteiger partial charge in [-0.15, -0.1) is 12.4 Å². The molecular formula is C16H24ClF2N3O2. The van der Waals surface area contributed by atoms with Crippen molar-refractivity contribution in [2.75, 3.05) is 33.2 Å². The molecule has 1 heterocycles. The minimum atomic E-state index is -2.83. The van der Waals surface area contributed by atoms with E-state index in [0.717, 1.165) is 25.2 Å². The number of carbonyl (C=O) groups is 1. The maximum Gasteiger partial charge on any atom is 0.387 e. The van der Waals surface area contributed by atoms with Crippen LogP contribution < -0.4 is 10.1 Å². The van der Waals surface area contributed by atoms with Gasteiger partial charge in [0.2, 0.25) is 5.91 Å². The van der Waals surface area contributed by atoms with Gasteiger partial charge in [0, 0.05) is 39.3 Å². The molecule has 0 saturated carbocycles. The average molecular weight is 364 g/mol. The minimum Gasteiger partial charge on any atom is -0.435 e. The average Bonchev–Trinajstić information content (AvgIpc) is 2.51. The summed E-state index contributed by atoms with van der Waals surface area (Å²) >= 11 is 0. The van der Waals surface area contributed by atoms with Crippen LogP contribution in [0, 0.1) is 0 Å². The second-order valence-electron chi connectivity index (χ2n) is 5.80. The second-order valence-corrected chi connectivity index (χ2v) is 5.80. The summed E-state index contributed by atoms with van der Waals surface area (Å²) < 4.78 is 28.5. The first-order valence-electron chi connectivity index (χ1n) is 7.68. The molecule has 5 nitrogen and oxygen atoms in total. The van der Waals surface area contributed by atoms with Gasteiger partial charge >= 0.3 is 6.61 Å². The third-order valence-corrected chi connectivity index (χ3v) is 3.97. The Morgan fingerprint density at radius 1 is 1.42 bits per heavy atom. The van der Waals surface area contributed by atoms with Gasteiger partial charge in [-0.3, -0.25) is 9.69 Å². The van der Waals surface area contributed by atoms with Gasteiger partial charge in [-0.05, 0) is 24.6 Å². The summed E-state index contributed by atoms with van der Waals surface area (Å²) in [5, 5.41) is 3.29. The van der Waals surface area contributed by atoms with Gasteiger partial charge in [0.15, 0.2) is 0 Å². The molecule has 0 radical (unpaired) electrons. The van der Waals surface area contributed by atoms with E-state index in [2.05, 4.69) is 21.9 Å². The van der Waals surface area contributed by atoms with Gasteiger partial charge in [0.05, 0.1) is 6.54 Å². The number of likely N-dealkylation sites (N-methyl/N-ethyl adjacent to an activating group) is 1. The molecule has 1 fully saturated rings. The predicted molar refractivity (Wildman–Crippen MR) is 90.7 cm³/mol. The zero-order chi connectivity index (χ0) is 16.8. The van der Waals surface area contributed by atoms with Crippen molar-refractivity contribution in [1.82, 2.24) is 15.1 Å². The van der Waals surface area contributed by atoms with Crippen LogP contribution in [-0.4, -0.2) is 61.6 Å². The Labute approximate surface area is 147 Å². The fourth-order valence-electron chi connectivity index (χ4n) is 2.55. The molecule has 1 aromatic carbocycles. The lowest BCUT2D eigenvalue weighted by atomic mass is 10.2. The van der Waals surface area contributed by atoms with Gasteiger partial charge in [-0.1, -0.05) is 12.1 Å². The van der Waals surface area contributed by atoms with E-state index in [0.29, 0.717) is 19.1 Å². The van der Waals surface area contributed by atoms with E-state index < -0.39 is 6.61 Å². The Morgan fingerprint density at radius 2 is 2.08 bits per heavy atom. The molecule has 1 aliphatic heterocycles. The van der Waals surface area contributed by atoms with Gasteiger partial charge in [-0.25, -0.2) is 0 Å². The number of nitrogens with one attached hydrogen (secondary N) is 1. The van der Waals surface area contributed by atoms with Crippen LogP contribution in [0.3, 0.4) is 0 Å². The van der Waals surface area contributed by atoms with E-state index >= 15 is 0 Å². The van der Waals surface area contributed by atoms with Crippen LogP contribution in [0.5, 0.6) is 5.75 Å². The molecule has 2 rings (SSSR count). The summed E-state index contributed by atoms with van der Waals surface area (Å²) in [5.74, 6) is 0.166. The molecule has 1 amide bonds. The second kappa shape index (κ2) is 9.76. The lowest BCUT2D eigenvalue weighted by molar-refractivity contribution is -0.132. The number of hydrogen-bond acceptors (Lipinski definition) is 4. The number of alkyl halides is 2. The smallest absolute Gasteiger partial charge is 0.387 e. The molecule has 1 atom stereocenters. The van der Waals surface area contributed by atoms with Crippen molar-refractivity contribution >= 4 is 18.3 Å². The first-order valence-corrected chi connectivity index (χ1v) is 7.68. The molecule has 1 saturated heterocycles. The summed E-state index contributed by atoms with van der Waals surface area (Å²) in [6.07, 6.45) is 0. The zero-order valence-corrected chi connectivity index (χ0v) is 14.7. The molecule has 1 N–H and O–H groups in total. The Morgan fingerprint density at radius 3 is 2.67 bits per heavy atom. The highest BCUT2D eigenvalue weighted by Crippen LogP contribution is 2.16. The van der Waals surface area contributed by atoms with Crippen LogP contribution in [0.1, 0.15) is 12.5 Å². The Kier molecular flexibility index (Phi) is 8.38. The Bertz CT molecular complexity index is 517. The number of rotatable bonds is 6. The highest BCUT2D eigenvalue weighted by molar-refractivity contribution is 5.85. The maximum atomic E-state index is 12.3. The first kappa shape index (κ1) is 20.6. The highest BCUT2D eigenvalue weighted by atomic mass is 35.5. The molecule has 24 heavy (non-hydrogen) atoms.